The Hall–Kier alpha value is -2.47. The van der Waals surface area contributed by atoms with Crippen molar-refractivity contribution in [2.75, 3.05) is 5.32 Å². The van der Waals surface area contributed by atoms with Crippen LogP contribution >= 0.6 is 11.6 Å². The van der Waals surface area contributed by atoms with Crippen LogP contribution in [0.15, 0.2) is 30.3 Å². The minimum atomic E-state index is -1.50. The lowest BCUT2D eigenvalue weighted by Gasteiger charge is -2.14. The largest absolute Gasteiger partial charge is 0.478 e. The predicted octanol–water partition coefficient (Wildman–Crippen LogP) is 4.26. The van der Waals surface area contributed by atoms with Crippen molar-refractivity contribution in [3.05, 3.63) is 58.1 Å². The molecule has 2 aromatic carbocycles. The van der Waals surface area contributed by atoms with Crippen molar-refractivity contribution < 1.29 is 23.5 Å². The van der Waals surface area contributed by atoms with E-state index < -0.39 is 40.2 Å². The third-order valence-corrected chi connectivity index (χ3v) is 3.28. The molecule has 22 heavy (non-hydrogen) atoms. The number of hydrogen-bond donors (Lipinski definition) is 2. The number of benzene rings is 2. The van der Waals surface area contributed by atoms with Gasteiger partial charge in [-0.15, -0.1) is 0 Å². The molecule has 0 fully saturated rings. The van der Waals surface area contributed by atoms with E-state index in [1.165, 1.54) is 12.1 Å². The van der Waals surface area contributed by atoms with E-state index in [1.807, 2.05) is 0 Å². The van der Waals surface area contributed by atoms with Crippen LogP contribution in [0.5, 0.6) is 0 Å². The third-order valence-electron chi connectivity index (χ3n) is 2.95. The molecule has 0 bridgehead atoms. The molecule has 0 saturated carbocycles. The highest BCUT2D eigenvalue weighted by Crippen LogP contribution is 2.31. The van der Waals surface area contributed by atoms with Crippen molar-refractivity contribution in [1.29, 1.82) is 0 Å². The molecular weight excluding hydrogens is 316 g/mol. The summed E-state index contributed by atoms with van der Waals surface area (Å²) in [5, 5.41) is 11.8. The summed E-state index contributed by atoms with van der Waals surface area (Å²) in [7, 11) is 0. The first-order valence-corrected chi connectivity index (χ1v) is 6.48. The van der Waals surface area contributed by atoms with Crippen LogP contribution in [0.4, 0.5) is 20.2 Å². The Morgan fingerprint density at radius 2 is 1.77 bits per heavy atom. The zero-order valence-electron chi connectivity index (χ0n) is 11.3. The molecule has 0 aliphatic carbocycles. The average molecular weight is 326 g/mol. The normalized spacial score (nSPS) is 10.4. The molecule has 0 saturated heterocycles. The summed E-state index contributed by atoms with van der Waals surface area (Å²) < 4.78 is 28.1. The Morgan fingerprint density at radius 3 is 2.32 bits per heavy atom. The van der Waals surface area contributed by atoms with Gasteiger partial charge in [0.2, 0.25) is 0 Å². The molecule has 0 unspecified atom stereocenters. The second kappa shape index (κ2) is 6.11. The molecule has 0 aromatic heterocycles. The summed E-state index contributed by atoms with van der Waals surface area (Å²) in [5.41, 5.74) is -1.58. The van der Waals surface area contributed by atoms with Gasteiger partial charge in [0, 0.05) is 0 Å². The molecule has 0 atom stereocenters. The second-order valence-corrected chi connectivity index (χ2v) is 4.85. The number of Topliss-reactive ketones (excluding diaryl/α,β-unsaturated/α-hetero) is 1. The molecule has 114 valence electrons. The number of para-hydroxylation sites is 1. The number of nitrogens with one attached hydrogen (secondary N) is 1. The summed E-state index contributed by atoms with van der Waals surface area (Å²) >= 11 is 5.90. The van der Waals surface area contributed by atoms with Crippen molar-refractivity contribution in [2.45, 2.75) is 6.92 Å². The number of carboxylic acid groups (broad SMARTS) is 1. The fourth-order valence-corrected chi connectivity index (χ4v) is 2.05. The Balaban J connectivity index is 2.65. The van der Waals surface area contributed by atoms with Crippen molar-refractivity contribution in [3.8, 4) is 0 Å². The smallest absolute Gasteiger partial charge is 0.337 e. The summed E-state index contributed by atoms with van der Waals surface area (Å²) in [4.78, 5) is 22.5. The average Bonchev–Trinajstić information content (AvgIpc) is 2.45. The van der Waals surface area contributed by atoms with Crippen LogP contribution in [-0.2, 0) is 0 Å². The van der Waals surface area contributed by atoms with Gasteiger partial charge in [0.1, 0.15) is 0 Å². The molecule has 2 rings (SSSR count). The number of anilines is 2. The van der Waals surface area contributed by atoms with Crippen LogP contribution < -0.4 is 5.32 Å². The topological polar surface area (TPSA) is 66.4 Å². The molecule has 4 nitrogen and oxygen atoms in total. The number of carbonyl (C=O) groups is 2. The summed E-state index contributed by atoms with van der Waals surface area (Å²) in [6.07, 6.45) is 0. The second-order valence-electron chi connectivity index (χ2n) is 4.44. The van der Waals surface area contributed by atoms with Gasteiger partial charge < -0.3 is 10.4 Å². The number of carboxylic acids is 1. The van der Waals surface area contributed by atoms with Crippen LogP contribution in [0.3, 0.4) is 0 Å². The van der Waals surface area contributed by atoms with E-state index in [1.54, 1.807) is 12.1 Å². The van der Waals surface area contributed by atoms with Gasteiger partial charge in [-0.1, -0.05) is 23.7 Å². The number of carbonyl (C=O) groups excluding carboxylic acids is 1. The molecule has 2 aromatic rings. The lowest BCUT2D eigenvalue weighted by Crippen LogP contribution is -2.11. The fraction of sp³-hybridized carbons (Fsp3) is 0.0667. The first kappa shape index (κ1) is 15.9. The summed E-state index contributed by atoms with van der Waals surface area (Å²) in [6.45, 7) is 1.02. The first-order valence-electron chi connectivity index (χ1n) is 6.10. The SMILES string of the molecule is CC(=O)c1cc(C(=O)O)c(Nc2ccccc2Cl)c(F)c1F. The lowest BCUT2D eigenvalue weighted by molar-refractivity contribution is 0.0697. The molecule has 0 spiro atoms. The predicted molar refractivity (Wildman–Crippen MR) is 78.1 cm³/mol. The highest BCUT2D eigenvalue weighted by molar-refractivity contribution is 6.33. The van der Waals surface area contributed by atoms with Gasteiger partial charge in [-0.3, -0.25) is 4.79 Å². The van der Waals surface area contributed by atoms with Crippen LogP contribution in [-0.4, -0.2) is 16.9 Å². The minimum absolute atomic E-state index is 0.203. The van der Waals surface area contributed by atoms with E-state index >= 15 is 0 Å². The number of rotatable bonds is 4. The zero-order valence-corrected chi connectivity index (χ0v) is 12.0. The van der Waals surface area contributed by atoms with Gasteiger partial charge in [0.25, 0.3) is 0 Å². The minimum Gasteiger partial charge on any atom is -0.478 e. The van der Waals surface area contributed by atoms with E-state index in [2.05, 4.69) is 5.32 Å². The maximum atomic E-state index is 14.2. The standard InChI is InChI=1S/C15H10ClF2NO3/c1-7(20)8-6-9(15(21)22)14(13(18)12(8)17)19-11-5-3-2-4-10(11)16/h2-6,19H,1H3,(H,21,22). The van der Waals surface area contributed by atoms with Gasteiger partial charge in [-0.05, 0) is 25.1 Å². The zero-order chi connectivity index (χ0) is 16.4. The monoisotopic (exact) mass is 325 g/mol. The Morgan fingerprint density at radius 1 is 1.14 bits per heavy atom. The van der Waals surface area contributed by atoms with Crippen LogP contribution in [0.2, 0.25) is 5.02 Å². The molecule has 2 N–H and O–H groups in total. The molecular formula is C15H10ClF2NO3. The molecule has 7 heteroatoms. The quantitative estimate of drug-likeness (QED) is 0.824. The Labute approximate surface area is 129 Å². The molecule has 0 aliphatic rings. The number of halogens is 3. The van der Waals surface area contributed by atoms with E-state index in [0.717, 1.165) is 13.0 Å². The maximum absolute atomic E-state index is 14.2. The Kier molecular flexibility index (Phi) is 4.42. The van der Waals surface area contributed by atoms with Gasteiger partial charge in [0.05, 0.1) is 27.5 Å². The maximum Gasteiger partial charge on any atom is 0.337 e. The molecule has 0 amide bonds. The highest BCUT2D eigenvalue weighted by atomic mass is 35.5. The van der Waals surface area contributed by atoms with E-state index in [-0.39, 0.29) is 10.7 Å². The van der Waals surface area contributed by atoms with E-state index in [4.69, 9.17) is 16.7 Å². The van der Waals surface area contributed by atoms with E-state index in [0.29, 0.717) is 0 Å². The fourth-order valence-electron chi connectivity index (χ4n) is 1.87. The number of ketones is 1. The highest BCUT2D eigenvalue weighted by Gasteiger charge is 2.24. The van der Waals surface area contributed by atoms with Gasteiger partial charge in [-0.2, -0.15) is 0 Å². The summed E-state index contributed by atoms with van der Waals surface area (Å²) in [5.74, 6) is -5.14. The number of hydrogen-bond acceptors (Lipinski definition) is 3. The van der Waals surface area contributed by atoms with Crippen molar-refractivity contribution in [1.82, 2.24) is 0 Å². The third kappa shape index (κ3) is 2.92. The molecule has 0 aliphatic heterocycles. The molecule has 0 radical (unpaired) electrons. The molecule has 0 heterocycles. The van der Waals surface area contributed by atoms with Crippen molar-refractivity contribution >= 4 is 34.7 Å². The van der Waals surface area contributed by atoms with Crippen LogP contribution in [0.1, 0.15) is 27.6 Å². The van der Waals surface area contributed by atoms with Crippen LogP contribution in [0, 0.1) is 11.6 Å². The van der Waals surface area contributed by atoms with E-state index in [9.17, 15) is 18.4 Å². The van der Waals surface area contributed by atoms with Crippen molar-refractivity contribution in [2.24, 2.45) is 0 Å². The summed E-state index contributed by atoms with van der Waals surface area (Å²) in [6, 6.07) is 6.99. The first-order chi connectivity index (χ1) is 10.3. The lowest BCUT2D eigenvalue weighted by atomic mass is 10.0. The van der Waals surface area contributed by atoms with Gasteiger partial charge in [0.15, 0.2) is 17.4 Å². The van der Waals surface area contributed by atoms with Crippen molar-refractivity contribution in [3.63, 3.8) is 0 Å². The Bertz CT molecular complexity index is 778. The van der Waals surface area contributed by atoms with Crippen LogP contribution in [0.25, 0.3) is 0 Å². The van der Waals surface area contributed by atoms with Gasteiger partial charge >= 0.3 is 5.97 Å². The number of aromatic carboxylic acids is 1. The van der Waals surface area contributed by atoms with Gasteiger partial charge in [-0.25, -0.2) is 13.6 Å².